The Kier molecular flexibility index (Phi) is 5.94. The lowest BCUT2D eigenvalue weighted by atomic mass is 10.1. The molecule has 4 rings (SSSR count). The molecule has 1 N–H and O–H groups in total. The van der Waals surface area contributed by atoms with Gasteiger partial charge in [-0.3, -0.25) is 14.5 Å². The van der Waals surface area contributed by atoms with Crippen LogP contribution in [0, 0.1) is 13.8 Å². The molecule has 8 heteroatoms. The van der Waals surface area contributed by atoms with Crippen molar-refractivity contribution in [3.63, 3.8) is 0 Å². The van der Waals surface area contributed by atoms with E-state index in [9.17, 15) is 9.59 Å². The van der Waals surface area contributed by atoms with Crippen molar-refractivity contribution >= 4 is 29.0 Å². The van der Waals surface area contributed by atoms with E-state index >= 15 is 0 Å². The summed E-state index contributed by atoms with van der Waals surface area (Å²) in [4.78, 5) is 28.4. The predicted octanol–water partition coefficient (Wildman–Crippen LogP) is 4.19. The van der Waals surface area contributed by atoms with Gasteiger partial charge in [0.1, 0.15) is 5.76 Å². The van der Waals surface area contributed by atoms with Gasteiger partial charge in [-0.05, 0) is 73.6 Å². The van der Waals surface area contributed by atoms with Gasteiger partial charge >= 0.3 is 0 Å². The van der Waals surface area contributed by atoms with Crippen LogP contribution in [-0.4, -0.2) is 27.4 Å². The van der Waals surface area contributed by atoms with Gasteiger partial charge in [0.25, 0.3) is 11.8 Å². The first-order chi connectivity index (χ1) is 14.5. The Labute approximate surface area is 179 Å². The Morgan fingerprint density at radius 2 is 1.93 bits per heavy atom. The van der Waals surface area contributed by atoms with Crippen LogP contribution in [-0.2, 0) is 4.79 Å². The molecule has 156 valence electrons. The van der Waals surface area contributed by atoms with Crippen LogP contribution in [0.25, 0.3) is 0 Å². The molecule has 1 fully saturated rings. The fourth-order valence-corrected chi connectivity index (χ4v) is 4.46. The first-order valence-corrected chi connectivity index (χ1v) is 10.9. The lowest BCUT2D eigenvalue weighted by Gasteiger charge is -2.30. The molecule has 0 bridgehead atoms. The van der Waals surface area contributed by atoms with Gasteiger partial charge in [0, 0.05) is 17.1 Å². The molecule has 1 aliphatic carbocycles. The predicted molar refractivity (Wildman–Crippen MR) is 114 cm³/mol. The first kappa shape index (κ1) is 20.3. The molecule has 1 unspecified atom stereocenters. The molecule has 2 heterocycles. The van der Waals surface area contributed by atoms with Gasteiger partial charge in [-0.15, -0.1) is 5.10 Å². The van der Waals surface area contributed by atoms with E-state index in [2.05, 4.69) is 14.9 Å². The highest BCUT2D eigenvalue weighted by Gasteiger charge is 2.37. The van der Waals surface area contributed by atoms with Crippen molar-refractivity contribution in [1.29, 1.82) is 0 Å². The lowest BCUT2D eigenvalue weighted by molar-refractivity contribution is -0.123. The highest BCUT2D eigenvalue weighted by molar-refractivity contribution is 7.03. The third-order valence-electron chi connectivity index (χ3n) is 5.30. The number of carbonyl (C=O) groups is 2. The Morgan fingerprint density at radius 1 is 1.20 bits per heavy atom. The van der Waals surface area contributed by atoms with Crippen molar-refractivity contribution in [2.24, 2.45) is 0 Å². The van der Waals surface area contributed by atoms with Gasteiger partial charge in [0.05, 0.1) is 6.26 Å². The van der Waals surface area contributed by atoms with Gasteiger partial charge in [-0.2, -0.15) is 0 Å². The number of furan rings is 1. The smallest absolute Gasteiger partial charge is 0.280 e. The zero-order chi connectivity index (χ0) is 21.1. The number of benzene rings is 1. The molecular formula is C22H24N4O3S. The number of aromatic nitrogens is 2. The quantitative estimate of drug-likeness (QED) is 0.641. The third-order valence-corrected chi connectivity index (χ3v) is 5.81. The SMILES string of the molecule is Cc1cc(C)cc(N(C(=O)c2csnn2)C(C(=O)NC2CCCC2)c2ccco2)c1. The zero-order valence-electron chi connectivity index (χ0n) is 17.0. The summed E-state index contributed by atoms with van der Waals surface area (Å²) < 4.78 is 9.45. The normalized spacial score (nSPS) is 15.1. The van der Waals surface area contributed by atoms with E-state index < -0.39 is 11.9 Å². The second-order valence-corrected chi connectivity index (χ2v) is 8.33. The molecule has 1 saturated carbocycles. The highest BCUT2D eigenvalue weighted by Crippen LogP contribution is 2.32. The Balaban J connectivity index is 1.79. The molecule has 2 aromatic heterocycles. The molecule has 1 aliphatic rings. The fraction of sp³-hybridized carbons (Fsp3) is 0.364. The maximum absolute atomic E-state index is 13.5. The Hall–Kier alpha value is -3.00. The highest BCUT2D eigenvalue weighted by atomic mass is 32.1. The van der Waals surface area contributed by atoms with E-state index in [1.807, 2.05) is 32.0 Å². The minimum atomic E-state index is -0.948. The van der Waals surface area contributed by atoms with Crippen molar-refractivity contribution in [2.45, 2.75) is 51.6 Å². The van der Waals surface area contributed by atoms with Crippen LogP contribution in [0.5, 0.6) is 0 Å². The Morgan fingerprint density at radius 3 is 2.53 bits per heavy atom. The number of hydrogen-bond donors (Lipinski definition) is 1. The second-order valence-electron chi connectivity index (χ2n) is 7.72. The summed E-state index contributed by atoms with van der Waals surface area (Å²) in [7, 11) is 0. The van der Waals surface area contributed by atoms with Gasteiger partial charge in [0.15, 0.2) is 11.7 Å². The maximum Gasteiger partial charge on any atom is 0.280 e. The summed E-state index contributed by atoms with van der Waals surface area (Å²) in [5.41, 5.74) is 2.81. The molecule has 0 spiro atoms. The number of nitrogens with zero attached hydrogens (tertiary/aromatic N) is 3. The third kappa shape index (κ3) is 4.28. The molecule has 1 aromatic carbocycles. The van der Waals surface area contributed by atoms with Gasteiger partial charge in [-0.1, -0.05) is 23.4 Å². The van der Waals surface area contributed by atoms with Gasteiger partial charge in [0.2, 0.25) is 0 Å². The van der Waals surface area contributed by atoms with Crippen molar-refractivity contribution < 1.29 is 14.0 Å². The summed E-state index contributed by atoms with van der Waals surface area (Å²) in [6.45, 7) is 3.92. The van der Waals surface area contributed by atoms with Crippen LogP contribution in [0.1, 0.15) is 59.1 Å². The van der Waals surface area contributed by atoms with Crippen LogP contribution < -0.4 is 10.2 Å². The molecule has 0 aliphatic heterocycles. The van der Waals surface area contributed by atoms with Crippen LogP contribution in [0.2, 0.25) is 0 Å². The number of rotatable bonds is 6. The molecule has 7 nitrogen and oxygen atoms in total. The number of aryl methyl sites for hydroxylation is 2. The average molecular weight is 425 g/mol. The topological polar surface area (TPSA) is 88.3 Å². The van der Waals surface area contributed by atoms with E-state index in [0.717, 1.165) is 48.3 Å². The van der Waals surface area contributed by atoms with Crippen molar-refractivity contribution in [3.05, 3.63) is 64.6 Å². The van der Waals surface area contributed by atoms with Crippen molar-refractivity contribution in [2.75, 3.05) is 4.90 Å². The number of anilines is 1. The van der Waals surface area contributed by atoms with Gasteiger partial charge in [-0.25, -0.2) is 0 Å². The van der Waals surface area contributed by atoms with Crippen LogP contribution in [0.15, 0.2) is 46.4 Å². The summed E-state index contributed by atoms with van der Waals surface area (Å²) in [6, 6.07) is 8.42. The number of hydrogen-bond acceptors (Lipinski definition) is 6. The minimum Gasteiger partial charge on any atom is -0.467 e. The van der Waals surface area contributed by atoms with Gasteiger partial charge < -0.3 is 9.73 Å². The second kappa shape index (κ2) is 8.79. The van der Waals surface area contributed by atoms with Crippen LogP contribution >= 0.6 is 11.5 Å². The largest absolute Gasteiger partial charge is 0.467 e. The van der Waals surface area contributed by atoms with E-state index in [1.54, 1.807) is 17.5 Å². The molecular weight excluding hydrogens is 400 g/mol. The number of amides is 2. The van der Waals surface area contributed by atoms with E-state index in [0.29, 0.717) is 11.4 Å². The van der Waals surface area contributed by atoms with Crippen molar-refractivity contribution in [3.8, 4) is 0 Å². The molecule has 0 saturated heterocycles. The summed E-state index contributed by atoms with van der Waals surface area (Å²) in [6.07, 6.45) is 5.61. The Bertz CT molecular complexity index is 991. The lowest BCUT2D eigenvalue weighted by Crippen LogP contribution is -2.46. The molecule has 30 heavy (non-hydrogen) atoms. The van der Waals surface area contributed by atoms with E-state index in [1.165, 1.54) is 11.2 Å². The molecule has 0 radical (unpaired) electrons. The monoisotopic (exact) mass is 424 g/mol. The number of carbonyl (C=O) groups excluding carboxylic acids is 2. The summed E-state index contributed by atoms with van der Waals surface area (Å²) in [5.74, 6) is -0.245. The molecule has 2 amide bonds. The van der Waals surface area contributed by atoms with Crippen LogP contribution in [0.4, 0.5) is 5.69 Å². The first-order valence-electron chi connectivity index (χ1n) is 10.1. The van der Waals surface area contributed by atoms with Crippen LogP contribution in [0.3, 0.4) is 0 Å². The summed E-state index contributed by atoms with van der Waals surface area (Å²) >= 11 is 1.10. The molecule has 3 aromatic rings. The maximum atomic E-state index is 13.5. The minimum absolute atomic E-state index is 0.118. The van der Waals surface area contributed by atoms with E-state index in [-0.39, 0.29) is 17.6 Å². The molecule has 1 atom stereocenters. The standard InChI is InChI=1S/C22H24N4O3S/c1-14-10-15(2)12-17(11-14)26(22(28)18-13-30-25-24-18)20(19-8-5-9-29-19)21(27)23-16-6-3-4-7-16/h5,8-13,16,20H,3-4,6-7H2,1-2H3,(H,23,27). The van der Waals surface area contributed by atoms with E-state index in [4.69, 9.17) is 4.42 Å². The van der Waals surface area contributed by atoms with Crippen molar-refractivity contribution in [1.82, 2.24) is 14.9 Å². The zero-order valence-corrected chi connectivity index (χ0v) is 17.8. The number of nitrogens with one attached hydrogen (secondary N) is 1. The average Bonchev–Trinajstić information content (AvgIpc) is 3.48. The fourth-order valence-electron chi connectivity index (χ4n) is 4.03. The summed E-state index contributed by atoms with van der Waals surface area (Å²) in [5, 5.41) is 8.66.